The summed E-state index contributed by atoms with van der Waals surface area (Å²) in [6, 6.07) is 1.57. The highest BCUT2D eigenvalue weighted by Gasteiger charge is 2.26. The van der Waals surface area contributed by atoms with Gasteiger partial charge in [-0.25, -0.2) is 0 Å². The first-order valence-electron chi connectivity index (χ1n) is 5.62. The molecule has 1 rings (SSSR count). The van der Waals surface area contributed by atoms with Crippen LogP contribution >= 0.6 is 0 Å². The summed E-state index contributed by atoms with van der Waals surface area (Å²) < 4.78 is 9.71. The number of carboxylic acid groups (broad SMARTS) is 1. The zero-order chi connectivity index (χ0) is 13.8. The molecule has 0 amide bonds. The van der Waals surface area contributed by atoms with Crippen molar-refractivity contribution in [3.8, 4) is 0 Å². The van der Waals surface area contributed by atoms with Gasteiger partial charge in [-0.05, 0) is 20.8 Å². The van der Waals surface area contributed by atoms with Gasteiger partial charge in [0.2, 0.25) is 0 Å². The molecular formula is C12H17NO5. The van der Waals surface area contributed by atoms with Crippen LogP contribution in [0.5, 0.6) is 0 Å². The number of rotatable bonds is 5. The lowest BCUT2D eigenvalue weighted by molar-refractivity contribution is -0.159. The second-order valence-corrected chi connectivity index (χ2v) is 5.02. The number of carboxylic acids is 1. The summed E-state index contributed by atoms with van der Waals surface area (Å²) in [6.45, 7) is 5.20. The van der Waals surface area contributed by atoms with Gasteiger partial charge in [0.25, 0.3) is 0 Å². The molecule has 1 heterocycles. The molecule has 0 fully saturated rings. The van der Waals surface area contributed by atoms with Crippen LogP contribution in [0.25, 0.3) is 0 Å². The lowest BCUT2D eigenvalue weighted by Gasteiger charge is -2.20. The summed E-state index contributed by atoms with van der Waals surface area (Å²) in [5.41, 5.74) is -0.112. The summed E-state index contributed by atoms with van der Waals surface area (Å²) in [6.07, 6.45) is 1.33. The Bertz CT molecular complexity index is 405. The maximum Gasteiger partial charge on any atom is 0.307 e. The molecule has 1 N–H and O–H groups in total. The van der Waals surface area contributed by atoms with Crippen LogP contribution in [0.1, 0.15) is 32.9 Å². The van der Waals surface area contributed by atoms with Gasteiger partial charge in [0.05, 0.1) is 18.0 Å². The van der Waals surface area contributed by atoms with Gasteiger partial charge in [0.1, 0.15) is 11.9 Å². The van der Waals surface area contributed by atoms with Crippen molar-refractivity contribution in [2.45, 2.75) is 39.2 Å². The molecule has 6 heteroatoms. The van der Waals surface area contributed by atoms with Crippen LogP contribution in [-0.4, -0.2) is 27.8 Å². The van der Waals surface area contributed by atoms with Crippen LogP contribution in [0.2, 0.25) is 0 Å². The van der Waals surface area contributed by atoms with E-state index in [1.807, 2.05) is 0 Å². The third-order valence-corrected chi connectivity index (χ3v) is 2.13. The van der Waals surface area contributed by atoms with E-state index in [9.17, 15) is 9.59 Å². The number of carbonyl (C=O) groups excluding carboxylic acids is 1. The SMILES string of the molecule is CC(C)(C)OC(=O)C[C@@H](Cc1ccon1)C(=O)O. The molecule has 0 spiro atoms. The van der Waals surface area contributed by atoms with Crippen LogP contribution in [0.15, 0.2) is 16.9 Å². The first-order chi connectivity index (χ1) is 8.28. The number of carbonyl (C=O) groups is 2. The van der Waals surface area contributed by atoms with Gasteiger partial charge in [-0.15, -0.1) is 0 Å². The molecule has 100 valence electrons. The zero-order valence-corrected chi connectivity index (χ0v) is 10.7. The Morgan fingerprint density at radius 1 is 1.50 bits per heavy atom. The molecule has 0 aromatic carbocycles. The molecule has 0 aliphatic rings. The van der Waals surface area contributed by atoms with E-state index in [1.165, 1.54) is 6.26 Å². The number of esters is 1. The van der Waals surface area contributed by atoms with Crippen molar-refractivity contribution in [3.05, 3.63) is 18.0 Å². The number of aliphatic carboxylic acids is 1. The molecule has 18 heavy (non-hydrogen) atoms. The fourth-order valence-corrected chi connectivity index (χ4v) is 1.43. The van der Waals surface area contributed by atoms with Crippen LogP contribution in [0, 0.1) is 5.92 Å². The van der Waals surface area contributed by atoms with Gasteiger partial charge in [0, 0.05) is 12.5 Å². The number of nitrogens with zero attached hydrogens (tertiary/aromatic N) is 1. The predicted molar refractivity (Wildman–Crippen MR) is 61.8 cm³/mol. The Balaban J connectivity index is 2.58. The monoisotopic (exact) mass is 255 g/mol. The minimum Gasteiger partial charge on any atom is -0.481 e. The van der Waals surface area contributed by atoms with E-state index in [0.29, 0.717) is 5.69 Å². The Kier molecular flexibility index (Phi) is 4.47. The van der Waals surface area contributed by atoms with Crippen LogP contribution in [0.3, 0.4) is 0 Å². The van der Waals surface area contributed by atoms with Gasteiger partial charge in [-0.2, -0.15) is 0 Å². The molecule has 1 aromatic heterocycles. The van der Waals surface area contributed by atoms with Gasteiger partial charge in [-0.1, -0.05) is 5.16 Å². The van der Waals surface area contributed by atoms with Gasteiger partial charge >= 0.3 is 11.9 Å². The maximum atomic E-state index is 11.6. The van der Waals surface area contributed by atoms with E-state index in [2.05, 4.69) is 9.68 Å². The fraction of sp³-hybridized carbons (Fsp3) is 0.583. The number of hydrogen-bond donors (Lipinski definition) is 1. The fourth-order valence-electron chi connectivity index (χ4n) is 1.43. The highest BCUT2D eigenvalue weighted by Crippen LogP contribution is 2.15. The number of aromatic nitrogens is 1. The standard InChI is InChI=1S/C12H17NO5/c1-12(2,3)18-10(14)7-8(11(15)16)6-9-4-5-17-13-9/h4-5,8H,6-7H2,1-3H3,(H,15,16)/t8-/m1/s1. The largest absolute Gasteiger partial charge is 0.481 e. The third kappa shape index (κ3) is 4.99. The molecule has 0 radical (unpaired) electrons. The molecule has 0 aliphatic heterocycles. The smallest absolute Gasteiger partial charge is 0.307 e. The van der Waals surface area contributed by atoms with Crippen LogP contribution < -0.4 is 0 Å². The minimum absolute atomic E-state index is 0.144. The van der Waals surface area contributed by atoms with E-state index >= 15 is 0 Å². The highest BCUT2D eigenvalue weighted by molar-refractivity contribution is 5.79. The van der Waals surface area contributed by atoms with E-state index in [4.69, 9.17) is 9.84 Å². The molecular weight excluding hydrogens is 238 g/mol. The van der Waals surface area contributed by atoms with E-state index in [-0.39, 0.29) is 12.8 Å². The lowest BCUT2D eigenvalue weighted by Crippen LogP contribution is -2.28. The summed E-state index contributed by atoms with van der Waals surface area (Å²) in [7, 11) is 0. The number of hydrogen-bond acceptors (Lipinski definition) is 5. The normalized spacial score (nSPS) is 13.1. The van der Waals surface area contributed by atoms with Crippen LogP contribution in [-0.2, 0) is 20.7 Å². The van der Waals surface area contributed by atoms with Crippen molar-refractivity contribution < 1.29 is 24.0 Å². The van der Waals surface area contributed by atoms with Gasteiger partial charge in [-0.3, -0.25) is 9.59 Å². The Morgan fingerprint density at radius 3 is 2.61 bits per heavy atom. The van der Waals surface area contributed by atoms with E-state index in [1.54, 1.807) is 26.8 Å². The molecule has 0 bridgehead atoms. The Labute approximate surface area is 105 Å². The lowest BCUT2D eigenvalue weighted by atomic mass is 9.99. The van der Waals surface area contributed by atoms with E-state index in [0.717, 1.165) is 0 Å². The van der Waals surface area contributed by atoms with E-state index < -0.39 is 23.5 Å². The molecule has 1 atom stereocenters. The minimum atomic E-state index is -1.05. The molecule has 0 saturated heterocycles. The molecule has 6 nitrogen and oxygen atoms in total. The summed E-state index contributed by atoms with van der Waals surface area (Å²) >= 11 is 0. The van der Waals surface area contributed by atoms with Crippen molar-refractivity contribution in [1.82, 2.24) is 5.16 Å². The highest BCUT2D eigenvalue weighted by atomic mass is 16.6. The van der Waals surface area contributed by atoms with Crippen LogP contribution in [0.4, 0.5) is 0 Å². The average Bonchev–Trinajstić information content (AvgIpc) is 2.66. The van der Waals surface area contributed by atoms with Crippen molar-refractivity contribution in [1.29, 1.82) is 0 Å². The predicted octanol–water partition coefficient (Wildman–Crippen LogP) is 1.65. The number of ether oxygens (including phenoxy) is 1. The summed E-state index contributed by atoms with van der Waals surface area (Å²) in [4.78, 5) is 22.6. The Morgan fingerprint density at radius 2 is 2.17 bits per heavy atom. The molecule has 1 aromatic rings. The first kappa shape index (κ1) is 14.2. The summed E-state index contributed by atoms with van der Waals surface area (Å²) in [5.74, 6) is -2.44. The first-order valence-corrected chi connectivity index (χ1v) is 5.62. The van der Waals surface area contributed by atoms with Gasteiger partial charge < -0.3 is 14.4 Å². The molecule has 0 saturated carbocycles. The Hall–Kier alpha value is -1.85. The zero-order valence-electron chi connectivity index (χ0n) is 10.7. The summed E-state index contributed by atoms with van der Waals surface area (Å²) in [5, 5.41) is 12.7. The van der Waals surface area contributed by atoms with Crippen molar-refractivity contribution in [3.63, 3.8) is 0 Å². The second kappa shape index (κ2) is 5.66. The third-order valence-electron chi connectivity index (χ3n) is 2.13. The van der Waals surface area contributed by atoms with Crippen molar-refractivity contribution in [2.24, 2.45) is 5.92 Å². The topological polar surface area (TPSA) is 89.6 Å². The molecule has 0 unspecified atom stereocenters. The molecule has 0 aliphatic carbocycles. The van der Waals surface area contributed by atoms with Gasteiger partial charge in [0.15, 0.2) is 0 Å². The van der Waals surface area contributed by atoms with Crippen molar-refractivity contribution in [2.75, 3.05) is 0 Å². The quantitative estimate of drug-likeness (QED) is 0.804. The maximum absolute atomic E-state index is 11.6. The second-order valence-electron chi connectivity index (χ2n) is 5.02. The average molecular weight is 255 g/mol. The van der Waals surface area contributed by atoms with Crippen molar-refractivity contribution >= 4 is 11.9 Å².